The molecule has 3 aromatic rings. The Morgan fingerprint density at radius 2 is 1.45 bits per heavy atom. The van der Waals surface area contributed by atoms with Crippen LogP contribution in [0.25, 0.3) is 0 Å². The summed E-state index contributed by atoms with van der Waals surface area (Å²) in [5.74, 6) is 0.129. The summed E-state index contributed by atoms with van der Waals surface area (Å²) in [6.07, 6.45) is 0.399. The van der Waals surface area contributed by atoms with E-state index in [4.69, 9.17) is 4.74 Å². The number of carbonyl (C=O) groups excluding carboxylic acids is 1. The van der Waals surface area contributed by atoms with Crippen LogP contribution in [0.5, 0.6) is 0 Å². The van der Waals surface area contributed by atoms with E-state index in [1.54, 1.807) is 0 Å². The number of ketones is 1. The van der Waals surface area contributed by atoms with Gasteiger partial charge in [0.1, 0.15) is 0 Å². The summed E-state index contributed by atoms with van der Waals surface area (Å²) in [5.41, 5.74) is 6.11. The van der Waals surface area contributed by atoms with Crippen molar-refractivity contribution in [1.29, 1.82) is 0 Å². The van der Waals surface area contributed by atoms with Crippen LogP contribution in [0.2, 0.25) is 0 Å². The molecule has 0 atom stereocenters. The summed E-state index contributed by atoms with van der Waals surface area (Å²) in [6, 6.07) is 24.3. The zero-order valence-electron chi connectivity index (χ0n) is 18.2. The lowest BCUT2D eigenvalue weighted by Crippen LogP contribution is -2.36. The molecule has 0 amide bonds. The van der Waals surface area contributed by atoms with E-state index in [2.05, 4.69) is 34.5 Å². The summed E-state index contributed by atoms with van der Waals surface area (Å²) < 4.78 is 5.42. The number of rotatable bonds is 7. The van der Waals surface area contributed by atoms with E-state index in [0.29, 0.717) is 6.42 Å². The number of Topliss-reactive ketones (excluding diaryl/α,β-unsaturated/α-hetero) is 1. The van der Waals surface area contributed by atoms with Gasteiger partial charge in [-0.3, -0.25) is 4.79 Å². The Balaban J connectivity index is 1.34. The normalized spacial score (nSPS) is 13.7. The largest absolute Gasteiger partial charge is 0.378 e. The second kappa shape index (κ2) is 9.67. The van der Waals surface area contributed by atoms with Gasteiger partial charge in [0.2, 0.25) is 0 Å². The van der Waals surface area contributed by atoms with Gasteiger partial charge in [0, 0.05) is 61.9 Å². The van der Waals surface area contributed by atoms with Gasteiger partial charge in [-0.25, -0.2) is 0 Å². The molecule has 0 unspecified atom stereocenters. The second-order valence-electron chi connectivity index (χ2n) is 8.01. The molecular formula is C26H29N3O2. The molecule has 5 heteroatoms. The maximum absolute atomic E-state index is 12.6. The highest BCUT2D eigenvalue weighted by molar-refractivity contribution is 5.97. The Hall–Kier alpha value is -3.31. The minimum atomic E-state index is 0.129. The van der Waals surface area contributed by atoms with E-state index in [1.165, 1.54) is 5.69 Å². The Morgan fingerprint density at radius 3 is 2.03 bits per heavy atom. The van der Waals surface area contributed by atoms with Crippen molar-refractivity contribution < 1.29 is 9.53 Å². The molecular weight excluding hydrogens is 386 g/mol. The highest BCUT2D eigenvalue weighted by atomic mass is 16.5. The van der Waals surface area contributed by atoms with Crippen molar-refractivity contribution in [3.05, 3.63) is 83.9 Å². The lowest BCUT2D eigenvalue weighted by Gasteiger charge is -2.28. The van der Waals surface area contributed by atoms with Crippen molar-refractivity contribution >= 4 is 28.5 Å². The van der Waals surface area contributed by atoms with Crippen LogP contribution in [0.15, 0.2) is 72.8 Å². The number of benzene rings is 3. The van der Waals surface area contributed by atoms with E-state index in [0.717, 1.165) is 54.5 Å². The summed E-state index contributed by atoms with van der Waals surface area (Å²) in [7, 11) is 3.98. The Bertz CT molecular complexity index is 990. The fourth-order valence-corrected chi connectivity index (χ4v) is 3.68. The SMILES string of the molecule is CN(C)c1ccc(C(=O)Cc2ccc(Nc3ccc(N4CCOCC4)cc3)cc2)cc1. The Kier molecular flexibility index (Phi) is 6.53. The van der Waals surface area contributed by atoms with Crippen LogP contribution in [-0.2, 0) is 11.2 Å². The van der Waals surface area contributed by atoms with Crippen molar-refractivity contribution in [2.75, 3.05) is 55.5 Å². The van der Waals surface area contributed by atoms with Crippen LogP contribution in [0.3, 0.4) is 0 Å². The first-order valence-corrected chi connectivity index (χ1v) is 10.7. The van der Waals surface area contributed by atoms with Crippen molar-refractivity contribution in [2.45, 2.75) is 6.42 Å². The van der Waals surface area contributed by atoms with Gasteiger partial charge in [0.25, 0.3) is 0 Å². The topological polar surface area (TPSA) is 44.8 Å². The van der Waals surface area contributed by atoms with Gasteiger partial charge >= 0.3 is 0 Å². The molecule has 3 aromatic carbocycles. The molecule has 1 aliphatic rings. The highest BCUT2D eigenvalue weighted by Crippen LogP contribution is 2.22. The monoisotopic (exact) mass is 415 g/mol. The standard InChI is InChI=1S/C26H29N3O2/c1-28(2)24-11-5-21(6-12-24)26(30)19-20-3-7-22(8-4-20)27-23-9-13-25(14-10-23)29-15-17-31-18-16-29/h3-14,27H,15-19H2,1-2H3. The minimum absolute atomic E-state index is 0.129. The summed E-state index contributed by atoms with van der Waals surface area (Å²) in [6.45, 7) is 3.45. The summed E-state index contributed by atoms with van der Waals surface area (Å²) in [4.78, 5) is 17.0. The third-order valence-corrected chi connectivity index (χ3v) is 5.56. The van der Waals surface area contributed by atoms with Gasteiger partial charge in [-0.1, -0.05) is 12.1 Å². The number of hydrogen-bond acceptors (Lipinski definition) is 5. The third kappa shape index (κ3) is 5.44. The molecule has 1 N–H and O–H groups in total. The van der Waals surface area contributed by atoms with Crippen LogP contribution < -0.4 is 15.1 Å². The van der Waals surface area contributed by atoms with E-state index < -0.39 is 0 Å². The van der Waals surface area contributed by atoms with Gasteiger partial charge in [-0.15, -0.1) is 0 Å². The average molecular weight is 416 g/mol. The highest BCUT2D eigenvalue weighted by Gasteiger charge is 2.11. The van der Waals surface area contributed by atoms with Crippen LogP contribution in [0.1, 0.15) is 15.9 Å². The van der Waals surface area contributed by atoms with Crippen LogP contribution >= 0.6 is 0 Å². The molecule has 0 bridgehead atoms. The molecule has 0 radical (unpaired) electrons. The van der Waals surface area contributed by atoms with Gasteiger partial charge < -0.3 is 19.9 Å². The number of nitrogens with zero attached hydrogens (tertiary/aromatic N) is 2. The number of morpholine rings is 1. The maximum atomic E-state index is 12.6. The van der Waals surface area contributed by atoms with E-state index in [1.807, 2.05) is 67.5 Å². The van der Waals surface area contributed by atoms with Gasteiger partial charge in [-0.2, -0.15) is 0 Å². The number of anilines is 4. The first kappa shape index (κ1) is 20.9. The van der Waals surface area contributed by atoms with Gasteiger partial charge in [-0.05, 0) is 66.2 Å². The minimum Gasteiger partial charge on any atom is -0.378 e. The molecule has 0 spiro atoms. The number of carbonyl (C=O) groups is 1. The van der Waals surface area contributed by atoms with Crippen molar-refractivity contribution in [2.24, 2.45) is 0 Å². The first-order chi connectivity index (χ1) is 15.1. The molecule has 1 saturated heterocycles. The first-order valence-electron chi connectivity index (χ1n) is 10.7. The maximum Gasteiger partial charge on any atom is 0.167 e. The zero-order chi connectivity index (χ0) is 21.6. The van der Waals surface area contributed by atoms with Gasteiger partial charge in [0.15, 0.2) is 5.78 Å². The smallest absolute Gasteiger partial charge is 0.167 e. The molecule has 31 heavy (non-hydrogen) atoms. The fraction of sp³-hybridized carbons (Fsp3) is 0.269. The molecule has 5 nitrogen and oxygen atoms in total. The van der Waals surface area contributed by atoms with E-state index in [-0.39, 0.29) is 5.78 Å². The molecule has 1 aliphatic heterocycles. The number of ether oxygens (including phenoxy) is 1. The number of nitrogens with one attached hydrogen (secondary N) is 1. The molecule has 4 rings (SSSR count). The quantitative estimate of drug-likeness (QED) is 0.564. The Morgan fingerprint density at radius 1 is 0.871 bits per heavy atom. The molecule has 0 aromatic heterocycles. The predicted molar refractivity (Wildman–Crippen MR) is 128 cm³/mol. The molecule has 1 fully saturated rings. The predicted octanol–water partition coefficient (Wildman–Crippen LogP) is 4.76. The molecule has 0 saturated carbocycles. The van der Waals surface area contributed by atoms with E-state index >= 15 is 0 Å². The van der Waals surface area contributed by atoms with E-state index in [9.17, 15) is 4.79 Å². The van der Waals surface area contributed by atoms with Crippen LogP contribution in [0, 0.1) is 0 Å². The van der Waals surface area contributed by atoms with Crippen molar-refractivity contribution in [3.63, 3.8) is 0 Å². The van der Waals surface area contributed by atoms with Crippen LogP contribution in [-0.4, -0.2) is 46.2 Å². The lowest BCUT2D eigenvalue weighted by atomic mass is 10.0. The zero-order valence-corrected chi connectivity index (χ0v) is 18.2. The molecule has 1 heterocycles. The summed E-state index contributed by atoms with van der Waals surface area (Å²) in [5, 5.41) is 3.43. The number of hydrogen-bond donors (Lipinski definition) is 1. The molecule has 0 aliphatic carbocycles. The van der Waals surface area contributed by atoms with Crippen molar-refractivity contribution in [3.8, 4) is 0 Å². The molecule has 160 valence electrons. The lowest BCUT2D eigenvalue weighted by molar-refractivity contribution is 0.0993. The van der Waals surface area contributed by atoms with Gasteiger partial charge in [0.05, 0.1) is 13.2 Å². The van der Waals surface area contributed by atoms with Crippen LogP contribution in [0.4, 0.5) is 22.7 Å². The van der Waals surface area contributed by atoms with Crippen molar-refractivity contribution in [1.82, 2.24) is 0 Å². The summed E-state index contributed by atoms with van der Waals surface area (Å²) >= 11 is 0. The Labute approximate surface area is 184 Å². The second-order valence-corrected chi connectivity index (χ2v) is 8.01. The third-order valence-electron chi connectivity index (χ3n) is 5.56. The average Bonchev–Trinajstić information content (AvgIpc) is 2.81. The fourth-order valence-electron chi connectivity index (χ4n) is 3.68.